The van der Waals surface area contributed by atoms with Gasteiger partial charge in [-0.25, -0.2) is 4.39 Å². The third-order valence-corrected chi connectivity index (χ3v) is 3.91. The number of carbonyl (C=O) groups is 1. The number of halogens is 1. The number of aryl methyl sites for hydroxylation is 1. The number of rotatable bonds is 5. The van der Waals surface area contributed by atoms with Crippen molar-refractivity contribution in [2.24, 2.45) is 0 Å². The standard InChI is InChI=1S/C22H19FN2O/c1-17-5-4-6-18(15-17)8-13-22(26)25(16-20-7-2-3-14-24-20)21-11-9-19(23)10-12-21/h2-15H,16H2,1H3. The maximum atomic E-state index is 13.3. The Hall–Kier alpha value is -3.27. The molecule has 0 aliphatic carbocycles. The van der Waals surface area contributed by atoms with E-state index in [1.807, 2.05) is 49.4 Å². The number of hydrogen-bond acceptors (Lipinski definition) is 2. The van der Waals surface area contributed by atoms with Crippen LogP contribution >= 0.6 is 0 Å². The van der Waals surface area contributed by atoms with Crippen molar-refractivity contribution in [1.82, 2.24) is 4.98 Å². The topological polar surface area (TPSA) is 33.2 Å². The molecule has 1 aromatic heterocycles. The van der Waals surface area contributed by atoms with Crippen LogP contribution in [0.1, 0.15) is 16.8 Å². The second-order valence-corrected chi connectivity index (χ2v) is 5.97. The van der Waals surface area contributed by atoms with Crippen molar-refractivity contribution in [3.8, 4) is 0 Å². The third-order valence-electron chi connectivity index (χ3n) is 3.91. The molecular weight excluding hydrogens is 327 g/mol. The molecule has 130 valence electrons. The van der Waals surface area contributed by atoms with E-state index in [4.69, 9.17) is 0 Å². The van der Waals surface area contributed by atoms with Gasteiger partial charge in [0.25, 0.3) is 5.91 Å². The number of amides is 1. The first kappa shape index (κ1) is 17.5. The van der Waals surface area contributed by atoms with Gasteiger partial charge in [-0.3, -0.25) is 9.78 Å². The van der Waals surface area contributed by atoms with Gasteiger partial charge in [-0.1, -0.05) is 35.9 Å². The molecule has 0 N–H and O–H groups in total. The fourth-order valence-electron chi connectivity index (χ4n) is 2.60. The molecule has 0 fully saturated rings. The average molecular weight is 346 g/mol. The number of hydrogen-bond donors (Lipinski definition) is 0. The van der Waals surface area contributed by atoms with Gasteiger partial charge in [0, 0.05) is 18.0 Å². The van der Waals surface area contributed by atoms with Gasteiger partial charge >= 0.3 is 0 Å². The molecule has 3 nitrogen and oxygen atoms in total. The number of aromatic nitrogens is 1. The van der Waals surface area contributed by atoms with E-state index in [0.717, 1.165) is 16.8 Å². The molecule has 26 heavy (non-hydrogen) atoms. The summed E-state index contributed by atoms with van der Waals surface area (Å²) < 4.78 is 13.3. The van der Waals surface area contributed by atoms with E-state index < -0.39 is 0 Å². The highest BCUT2D eigenvalue weighted by atomic mass is 19.1. The Balaban J connectivity index is 1.86. The maximum absolute atomic E-state index is 13.3. The average Bonchev–Trinajstić information content (AvgIpc) is 2.66. The molecule has 0 saturated carbocycles. The predicted octanol–water partition coefficient (Wildman–Crippen LogP) is 4.78. The molecule has 0 spiro atoms. The molecule has 0 bridgehead atoms. The SMILES string of the molecule is Cc1cccc(C=CC(=O)N(Cc2ccccn2)c2ccc(F)cc2)c1. The lowest BCUT2D eigenvalue weighted by molar-refractivity contribution is -0.114. The Bertz CT molecular complexity index is 905. The first-order valence-electron chi connectivity index (χ1n) is 8.33. The van der Waals surface area contributed by atoms with Gasteiger partial charge in [0.2, 0.25) is 0 Å². The molecule has 0 aliphatic rings. The monoisotopic (exact) mass is 346 g/mol. The molecule has 0 atom stereocenters. The molecule has 0 unspecified atom stereocenters. The summed E-state index contributed by atoms with van der Waals surface area (Å²) in [4.78, 5) is 18.7. The molecule has 1 amide bonds. The number of carbonyl (C=O) groups excluding carboxylic acids is 1. The highest BCUT2D eigenvalue weighted by molar-refractivity contribution is 6.03. The van der Waals surface area contributed by atoms with Gasteiger partial charge < -0.3 is 4.90 Å². The van der Waals surface area contributed by atoms with Crippen LogP contribution in [0.15, 0.2) is 79.0 Å². The smallest absolute Gasteiger partial charge is 0.251 e. The van der Waals surface area contributed by atoms with Crippen molar-refractivity contribution < 1.29 is 9.18 Å². The third kappa shape index (κ3) is 4.63. The minimum atomic E-state index is -0.339. The summed E-state index contributed by atoms with van der Waals surface area (Å²) in [5.41, 5.74) is 3.46. The predicted molar refractivity (Wildman–Crippen MR) is 102 cm³/mol. The van der Waals surface area contributed by atoms with E-state index in [0.29, 0.717) is 12.2 Å². The van der Waals surface area contributed by atoms with Crippen LogP contribution in [0, 0.1) is 12.7 Å². The quantitative estimate of drug-likeness (QED) is 0.623. The van der Waals surface area contributed by atoms with Crippen molar-refractivity contribution in [3.05, 3.63) is 102 Å². The van der Waals surface area contributed by atoms with Gasteiger partial charge in [-0.2, -0.15) is 0 Å². The second kappa shape index (κ2) is 8.21. The fraction of sp³-hybridized carbons (Fsp3) is 0.0909. The van der Waals surface area contributed by atoms with Crippen LogP contribution < -0.4 is 4.90 Å². The number of pyridine rings is 1. The van der Waals surface area contributed by atoms with E-state index in [1.165, 1.54) is 18.2 Å². The molecule has 0 radical (unpaired) electrons. The van der Waals surface area contributed by atoms with Gasteiger partial charge in [0.05, 0.1) is 12.2 Å². The summed E-state index contributed by atoms with van der Waals surface area (Å²) in [6.45, 7) is 2.31. The molecular formula is C22H19FN2O. The maximum Gasteiger partial charge on any atom is 0.251 e. The Morgan fingerprint density at radius 2 is 1.88 bits per heavy atom. The van der Waals surface area contributed by atoms with Gasteiger partial charge in [0.15, 0.2) is 0 Å². The summed E-state index contributed by atoms with van der Waals surface area (Å²) >= 11 is 0. The zero-order valence-corrected chi connectivity index (χ0v) is 14.5. The first-order valence-corrected chi connectivity index (χ1v) is 8.33. The van der Waals surface area contributed by atoms with Crippen LogP contribution in [0.5, 0.6) is 0 Å². The molecule has 0 aliphatic heterocycles. The summed E-state index contributed by atoms with van der Waals surface area (Å²) in [5.74, 6) is -0.530. The Morgan fingerprint density at radius 3 is 2.58 bits per heavy atom. The van der Waals surface area contributed by atoms with E-state index in [9.17, 15) is 9.18 Å². The molecule has 0 saturated heterocycles. The molecule has 1 heterocycles. The van der Waals surface area contributed by atoms with Crippen LogP contribution in [-0.4, -0.2) is 10.9 Å². The number of anilines is 1. The van der Waals surface area contributed by atoms with Crippen molar-refractivity contribution in [3.63, 3.8) is 0 Å². The lowest BCUT2D eigenvalue weighted by Crippen LogP contribution is -2.29. The Kier molecular flexibility index (Phi) is 5.54. The summed E-state index contributed by atoms with van der Waals surface area (Å²) in [6.07, 6.45) is 5.00. The van der Waals surface area contributed by atoms with E-state index >= 15 is 0 Å². The largest absolute Gasteiger partial charge is 0.303 e. The number of benzene rings is 2. The van der Waals surface area contributed by atoms with Crippen molar-refractivity contribution in [1.29, 1.82) is 0 Å². The Labute approximate surface area is 152 Å². The van der Waals surface area contributed by atoms with Crippen LogP contribution in [-0.2, 0) is 11.3 Å². The Morgan fingerprint density at radius 1 is 1.08 bits per heavy atom. The van der Waals surface area contributed by atoms with Crippen molar-refractivity contribution >= 4 is 17.7 Å². The van der Waals surface area contributed by atoms with Crippen molar-refractivity contribution in [2.75, 3.05) is 4.90 Å². The number of nitrogens with zero attached hydrogens (tertiary/aromatic N) is 2. The second-order valence-electron chi connectivity index (χ2n) is 5.97. The van der Waals surface area contributed by atoms with Crippen LogP contribution in [0.2, 0.25) is 0 Å². The van der Waals surface area contributed by atoms with Crippen LogP contribution in [0.25, 0.3) is 6.08 Å². The van der Waals surface area contributed by atoms with E-state index in [2.05, 4.69) is 4.98 Å². The zero-order chi connectivity index (χ0) is 18.4. The normalized spacial score (nSPS) is 10.8. The van der Waals surface area contributed by atoms with Gasteiger partial charge in [-0.15, -0.1) is 0 Å². The molecule has 3 rings (SSSR count). The molecule has 3 aromatic rings. The first-order chi connectivity index (χ1) is 12.6. The fourth-order valence-corrected chi connectivity index (χ4v) is 2.60. The summed E-state index contributed by atoms with van der Waals surface area (Å²) in [7, 11) is 0. The molecule has 4 heteroatoms. The highest BCUT2D eigenvalue weighted by Gasteiger charge is 2.14. The lowest BCUT2D eigenvalue weighted by Gasteiger charge is -2.21. The van der Waals surface area contributed by atoms with Crippen LogP contribution in [0.3, 0.4) is 0 Å². The summed E-state index contributed by atoms with van der Waals surface area (Å²) in [6, 6.07) is 19.3. The molecule has 2 aromatic carbocycles. The van der Waals surface area contributed by atoms with Crippen LogP contribution in [0.4, 0.5) is 10.1 Å². The van der Waals surface area contributed by atoms with Gasteiger partial charge in [0.1, 0.15) is 5.82 Å². The minimum absolute atomic E-state index is 0.191. The highest BCUT2D eigenvalue weighted by Crippen LogP contribution is 2.18. The lowest BCUT2D eigenvalue weighted by atomic mass is 10.1. The van der Waals surface area contributed by atoms with E-state index in [1.54, 1.807) is 29.3 Å². The zero-order valence-electron chi connectivity index (χ0n) is 14.5. The summed E-state index contributed by atoms with van der Waals surface area (Å²) in [5, 5.41) is 0. The van der Waals surface area contributed by atoms with Gasteiger partial charge in [-0.05, 0) is 55.0 Å². The van der Waals surface area contributed by atoms with Crippen molar-refractivity contribution in [2.45, 2.75) is 13.5 Å². The van der Waals surface area contributed by atoms with E-state index in [-0.39, 0.29) is 11.7 Å². The minimum Gasteiger partial charge on any atom is -0.303 e.